The fraction of sp³-hybridized carbons (Fsp3) is 0.316. The second-order valence-electron chi connectivity index (χ2n) is 5.94. The molecule has 0 saturated heterocycles. The first-order valence-electron chi connectivity index (χ1n) is 7.30. The first-order chi connectivity index (χ1) is 9.56. The van der Waals surface area contributed by atoms with Crippen molar-refractivity contribution in [3.8, 4) is 0 Å². The second-order valence-corrected chi connectivity index (χ2v) is 5.94. The van der Waals surface area contributed by atoms with Crippen LogP contribution in [-0.4, -0.2) is 5.78 Å². The van der Waals surface area contributed by atoms with E-state index in [1.165, 1.54) is 23.1 Å². The number of rotatable bonds is 2. The van der Waals surface area contributed by atoms with Crippen LogP contribution in [0.2, 0.25) is 0 Å². The average Bonchev–Trinajstić information content (AvgIpc) is 2.84. The Morgan fingerprint density at radius 1 is 0.900 bits per heavy atom. The summed E-state index contributed by atoms with van der Waals surface area (Å²) in [6, 6.07) is 10.4. The summed E-state index contributed by atoms with van der Waals surface area (Å²) in [4.78, 5) is 12.8. The third-order valence-corrected chi connectivity index (χ3v) is 4.26. The molecule has 0 atom stereocenters. The predicted molar refractivity (Wildman–Crippen MR) is 82.6 cm³/mol. The number of ketones is 1. The Bertz CT molecular complexity index is 672. The summed E-state index contributed by atoms with van der Waals surface area (Å²) >= 11 is 0. The van der Waals surface area contributed by atoms with Crippen molar-refractivity contribution in [3.63, 3.8) is 0 Å². The molecule has 102 valence electrons. The normalized spacial score (nSPS) is 13.3. The highest BCUT2D eigenvalue weighted by molar-refractivity contribution is 6.11. The minimum atomic E-state index is 0.162. The van der Waals surface area contributed by atoms with Gasteiger partial charge in [0.15, 0.2) is 5.78 Å². The number of carbonyl (C=O) groups excluding carboxylic acids is 1. The van der Waals surface area contributed by atoms with Gasteiger partial charge in [-0.2, -0.15) is 0 Å². The third kappa shape index (κ3) is 2.18. The van der Waals surface area contributed by atoms with Crippen LogP contribution in [0.25, 0.3) is 0 Å². The standard InChI is InChI=1S/C19H20O/c1-12-9-13(2)18(14(3)10-12)19(20)17-8-7-15-5-4-6-16(15)11-17/h7-11H,4-6H2,1-3H3. The number of hydrogen-bond acceptors (Lipinski definition) is 1. The van der Waals surface area contributed by atoms with Crippen LogP contribution in [0.1, 0.15) is 50.2 Å². The van der Waals surface area contributed by atoms with E-state index in [0.717, 1.165) is 35.1 Å². The van der Waals surface area contributed by atoms with Crippen molar-refractivity contribution in [2.75, 3.05) is 0 Å². The molecule has 0 bridgehead atoms. The molecule has 0 heterocycles. The Kier molecular flexibility index (Phi) is 3.21. The molecular formula is C19H20O. The van der Waals surface area contributed by atoms with Gasteiger partial charge in [-0.25, -0.2) is 0 Å². The van der Waals surface area contributed by atoms with Crippen molar-refractivity contribution < 1.29 is 4.79 Å². The highest BCUT2D eigenvalue weighted by Gasteiger charge is 2.18. The highest BCUT2D eigenvalue weighted by atomic mass is 16.1. The van der Waals surface area contributed by atoms with Crippen molar-refractivity contribution in [3.05, 3.63) is 69.3 Å². The van der Waals surface area contributed by atoms with Crippen molar-refractivity contribution in [2.24, 2.45) is 0 Å². The van der Waals surface area contributed by atoms with Gasteiger partial charge in [0.25, 0.3) is 0 Å². The topological polar surface area (TPSA) is 17.1 Å². The smallest absolute Gasteiger partial charge is 0.193 e. The maximum Gasteiger partial charge on any atom is 0.193 e. The number of aryl methyl sites for hydroxylation is 5. The molecule has 1 aliphatic rings. The summed E-state index contributed by atoms with van der Waals surface area (Å²) in [5.41, 5.74) is 7.85. The van der Waals surface area contributed by atoms with Crippen molar-refractivity contribution in [1.82, 2.24) is 0 Å². The fourth-order valence-corrected chi connectivity index (χ4v) is 3.40. The van der Waals surface area contributed by atoms with Gasteiger partial charge in [0, 0.05) is 11.1 Å². The van der Waals surface area contributed by atoms with E-state index in [4.69, 9.17) is 0 Å². The summed E-state index contributed by atoms with van der Waals surface area (Å²) in [6.45, 7) is 6.13. The van der Waals surface area contributed by atoms with Gasteiger partial charge in [0.2, 0.25) is 0 Å². The summed E-state index contributed by atoms with van der Waals surface area (Å²) < 4.78 is 0. The van der Waals surface area contributed by atoms with E-state index in [0.29, 0.717) is 0 Å². The van der Waals surface area contributed by atoms with Gasteiger partial charge in [-0.1, -0.05) is 29.8 Å². The van der Waals surface area contributed by atoms with Gasteiger partial charge in [-0.3, -0.25) is 4.79 Å². The zero-order valence-electron chi connectivity index (χ0n) is 12.4. The molecule has 0 fully saturated rings. The number of carbonyl (C=O) groups is 1. The molecule has 0 spiro atoms. The molecule has 0 aliphatic heterocycles. The van der Waals surface area contributed by atoms with Crippen LogP contribution in [0.3, 0.4) is 0 Å². The van der Waals surface area contributed by atoms with Crippen LogP contribution >= 0.6 is 0 Å². The third-order valence-electron chi connectivity index (χ3n) is 4.26. The highest BCUT2D eigenvalue weighted by Crippen LogP contribution is 2.26. The molecule has 1 nitrogen and oxygen atoms in total. The second kappa shape index (κ2) is 4.90. The predicted octanol–water partition coefficient (Wildman–Crippen LogP) is 4.33. The quantitative estimate of drug-likeness (QED) is 0.738. The molecular weight excluding hydrogens is 244 g/mol. The van der Waals surface area contributed by atoms with Gasteiger partial charge >= 0.3 is 0 Å². The molecule has 0 amide bonds. The lowest BCUT2D eigenvalue weighted by Crippen LogP contribution is -2.07. The van der Waals surface area contributed by atoms with Crippen LogP contribution in [0.15, 0.2) is 30.3 Å². The molecule has 3 rings (SSSR count). The summed E-state index contributed by atoms with van der Waals surface area (Å²) in [6.07, 6.45) is 3.49. The van der Waals surface area contributed by atoms with Gasteiger partial charge in [0.05, 0.1) is 0 Å². The maximum absolute atomic E-state index is 12.8. The van der Waals surface area contributed by atoms with Crippen LogP contribution in [0.4, 0.5) is 0 Å². The maximum atomic E-state index is 12.8. The Morgan fingerprint density at radius 3 is 2.25 bits per heavy atom. The Hall–Kier alpha value is -1.89. The lowest BCUT2D eigenvalue weighted by Gasteiger charge is -2.11. The first-order valence-corrected chi connectivity index (χ1v) is 7.30. The van der Waals surface area contributed by atoms with E-state index in [1.54, 1.807) is 0 Å². The van der Waals surface area contributed by atoms with E-state index >= 15 is 0 Å². The monoisotopic (exact) mass is 264 g/mol. The van der Waals surface area contributed by atoms with E-state index in [1.807, 2.05) is 19.9 Å². The number of benzene rings is 2. The Morgan fingerprint density at radius 2 is 1.55 bits per heavy atom. The van der Waals surface area contributed by atoms with Crippen molar-refractivity contribution in [1.29, 1.82) is 0 Å². The van der Waals surface area contributed by atoms with Gasteiger partial charge in [-0.15, -0.1) is 0 Å². The van der Waals surface area contributed by atoms with Crippen molar-refractivity contribution >= 4 is 5.78 Å². The van der Waals surface area contributed by atoms with Crippen LogP contribution in [0.5, 0.6) is 0 Å². The minimum absolute atomic E-state index is 0.162. The van der Waals surface area contributed by atoms with Gasteiger partial charge in [0.1, 0.15) is 0 Å². The lowest BCUT2D eigenvalue weighted by molar-refractivity contribution is 0.103. The average molecular weight is 264 g/mol. The molecule has 1 heteroatoms. The zero-order valence-corrected chi connectivity index (χ0v) is 12.4. The van der Waals surface area contributed by atoms with E-state index < -0.39 is 0 Å². The first kappa shape index (κ1) is 13.1. The number of hydrogen-bond donors (Lipinski definition) is 0. The molecule has 0 saturated carbocycles. The molecule has 0 unspecified atom stereocenters. The lowest BCUT2D eigenvalue weighted by atomic mass is 9.92. The Balaban J connectivity index is 2.05. The fourth-order valence-electron chi connectivity index (χ4n) is 3.40. The van der Waals surface area contributed by atoms with Gasteiger partial charge < -0.3 is 0 Å². The van der Waals surface area contributed by atoms with E-state index in [9.17, 15) is 4.79 Å². The van der Waals surface area contributed by atoms with Crippen LogP contribution in [0, 0.1) is 20.8 Å². The Labute approximate surface area is 120 Å². The van der Waals surface area contributed by atoms with Gasteiger partial charge in [-0.05, 0) is 68.4 Å². The molecule has 2 aromatic rings. The summed E-state index contributed by atoms with van der Waals surface area (Å²) in [5, 5.41) is 0. The van der Waals surface area contributed by atoms with Crippen LogP contribution in [-0.2, 0) is 12.8 Å². The van der Waals surface area contributed by atoms with E-state index in [2.05, 4.69) is 31.2 Å². The zero-order chi connectivity index (χ0) is 14.3. The molecule has 20 heavy (non-hydrogen) atoms. The van der Waals surface area contributed by atoms with Crippen LogP contribution < -0.4 is 0 Å². The largest absolute Gasteiger partial charge is 0.289 e. The molecule has 0 aromatic heterocycles. The minimum Gasteiger partial charge on any atom is -0.289 e. The van der Waals surface area contributed by atoms with Crippen molar-refractivity contribution in [2.45, 2.75) is 40.0 Å². The summed E-state index contributed by atoms with van der Waals surface area (Å²) in [7, 11) is 0. The summed E-state index contributed by atoms with van der Waals surface area (Å²) in [5.74, 6) is 0.162. The number of fused-ring (bicyclic) bond motifs is 1. The van der Waals surface area contributed by atoms with E-state index in [-0.39, 0.29) is 5.78 Å². The molecule has 0 radical (unpaired) electrons. The molecule has 1 aliphatic carbocycles. The SMILES string of the molecule is Cc1cc(C)c(C(=O)c2ccc3c(c2)CCC3)c(C)c1. The molecule has 2 aromatic carbocycles. The molecule has 0 N–H and O–H groups in total.